The van der Waals surface area contributed by atoms with E-state index in [1.807, 2.05) is 0 Å². The van der Waals surface area contributed by atoms with Crippen LogP contribution in [0.2, 0.25) is 0 Å². The number of benzene rings is 1. The molecule has 100 valence electrons. The van der Waals surface area contributed by atoms with E-state index in [0.717, 1.165) is 18.5 Å². The normalized spacial score (nSPS) is 24.1. The molecule has 1 aromatic carbocycles. The Labute approximate surface area is 111 Å². The minimum absolute atomic E-state index is 0.762. The molecule has 0 saturated heterocycles. The molecule has 2 rings (SSSR count). The molecule has 18 heavy (non-hydrogen) atoms. The second kappa shape index (κ2) is 6.91. The molecule has 2 heteroatoms. The van der Waals surface area contributed by atoms with Gasteiger partial charge in [-0.1, -0.05) is 29.8 Å². The molecule has 0 aliphatic heterocycles. The number of hydrogen-bond donors (Lipinski definition) is 2. The van der Waals surface area contributed by atoms with E-state index in [9.17, 15) is 0 Å². The van der Waals surface area contributed by atoms with Crippen LogP contribution >= 0.6 is 0 Å². The first kappa shape index (κ1) is 13.6. The first-order valence-corrected chi connectivity index (χ1v) is 7.21. The fourth-order valence-corrected chi connectivity index (χ4v) is 2.78. The van der Waals surface area contributed by atoms with Crippen molar-refractivity contribution in [1.29, 1.82) is 0 Å². The van der Waals surface area contributed by atoms with Gasteiger partial charge in [0.15, 0.2) is 0 Å². The molecule has 1 aliphatic carbocycles. The molecule has 1 aromatic rings. The van der Waals surface area contributed by atoms with Gasteiger partial charge in [0, 0.05) is 12.6 Å². The zero-order chi connectivity index (χ0) is 12.8. The van der Waals surface area contributed by atoms with E-state index in [0.29, 0.717) is 0 Å². The molecule has 0 heterocycles. The van der Waals surface area contributed by atoms with Crippen molar-refractivity contribution in [3.8, 4) is 0 Å². The maximum absolute atomic E-state index is 3.60. The molecule has 0 bridgehead atoms. The summed E-state index contributed by atoms with van der Waals surface area (Å²) >= 11 is 0. The van der Waals surface area contributed by atoms with Crippen molar-refractivity contribution < 1.29 is 0 Å². The lowest BCUT2D eigenvalue weighted by Crippen LogP contribution is -2.33. The van der Waals surface area contributed by atoms with E-state index in [1.54, 1.807) is 0 Å². The molecular weight excluding hydrogens is 220 g/mol. The van der Waals surface area contributed by atoms with Gasteiger partial charge in [0.05, 0.1) is 0 Å². The summed E-state index contributed by atoms with van der Waals surface area (Å²) in [7, 11) is 2.08. The van der Waals surface area contributed by atoms with Gasteiger partial charge in [0.25, 0.3) is 0 Å². The Morgan fingerprint density at radius 3 is 2.33 bits per heavy atom. The number of rotatable bonds is 5. The summed E-state index contributed by atoms with van der Waals surface area (Å²) in [6, 6.07) is 9.59. The second-order valence-electron chi connectivity index (χ2n) is 5.62. The number of nitrogens with one attached hydrogen (secondary N) is 2. The minimum atomic E-state index is 0.762. The molecule has 0 aromatic heterocycles. The van der Waals surface area contributed by atoms with E-state index in [2.05, 4.69) is 48.9 Å². The quantitative estimate of drug-likeness (QED) is 0.835. The van der Waals surface area contributed by atoms with Crippen LogP contribution in [-0.2, 0) is 6.54 Å². The predicted octanol–water partition coefficient (Wildman–Crippen LogP) is 2.86. The Hall–Kier alpha value is -0.860. The molecule has 0 radical (unpaired) electrons. The van der Waals surface area contributed by atoms with E-state index in [1.165, 1.54) is 43.4 Å². The maximum Gasteiger partial charge on any atom is 0.0205 e. The van der Waals surface area contributed by atoms with Crippen molar-refractivity contribution in [2.24, 2.45) is 5.92 Å². The van der Waals surface area contributed by atoms with Gasteiger partial charge in [0.1, 0.15) is 0 Å². The Kier molecular flexibility index (Phi) is 5.21. The Morgan fingerprint density at radius 2 is 1.72 bits per heavy atom. The summed E-state index contributed by atoms with van der Waals surface area (Å²) in [4.78, 5) is 0. The third-order valence-corrected chi connectivity index (χ3v) is 4.14. The molecule has 0 amide bonds. The van der Waals surface area contributed by atoms with Gasteiger partial charge in [-0.3, -0.25) is 0 Å². The van der Waals surface area contributed by atoms with Gasteiger partial charge in [-0.2, -0.15) is 0 Å². The van der Waals surface area contributed by atoms with E-state index >= 15 is 0 Å². The lowest BCUT2D eigenvalue weighted by atomic mass is 9.86. The second-order valence-corrected chi connectivity index (χ2v) is 5.62. The van der Waals surface area contributed by atoms with Crippen molar-refractivity contribution in [3.63, 3.8) is 0 Å². The summed E-state index contributed by atoms with van der Waals surface area (Å²) in [5.41, 5.74) is 2.73. The lowest BCUT2D eigenvalue weighted by molar-refractivity contribution is 0.292. The van der Waals surface area contributed by atoms with Gasteiger partial charge in [-0.05, 0) is 57.7 Å². The Bertz CT molecular complexity index is 337. The first-order valence-electron chi connectivity index (χ1n) is 7.21. The fraction of sp³-hybridized carbons (Fsp3) is 0.625. The number of aryl methyl sites for hydroxylation is 1. The van der Waals surface area contributed by atoms with Gasteiger partial charge in [-0.15, -0.1) is 0 Å². The van der Waals surface area contributed by atoms with Gasteiger partial charge in [0.2, 0.25) is 0 Å². The topological polar surface area (TPSA) is 24.1 Å². The molecule has 2 N–H and O–H groups in total. The largest absolute Gasteiger partial charge is 0.317 e. The molecule has 1 fully saturated rings. The van der Waals surface area contributed by atoms with Crippen LogP contribution in [-0.4, -0.2) is 19.6 Å². The third kappa shape index (κ3) is 4.11. The highest BCUT2D eigenvalue weighted by Crippen LogP contribution is 2.23. The molecule has 1 saturated carbocycles. The summed E-state index contributed by atoms with van der Waals surface area (Å²) in [5, 5.41) is 6.99. The fourth-order valence-electron chi connectivity index (χ4n) is 2.78. The Morgan fingerprint density at radius 1 is 1.06 bits per heavy atom. The van der Waals surface area contributed by atoms with Gasteiger partial charge >= 0.3 is 0 Å². The van der Waals surface area contributed by atoms with Crippen molar-refractivity contribution >= 4 is 0 Å². The summed E-state index contributed by atoms with van der Waals surface area (Å²) in [6.07, 6.45) is 5.42. The summed E-state index contributed by atoms with van der Waals surface area (Å²) in [5.74, 6) is 0.875. The lowest BCUT2D eigenvalue weighted by Gasteiger charge is -2.28. The van der Waals surface area contributed by atoms with E-state index in [-0.39, 0.29) is 0 Å². The zero-order valence-electron chi connectivity index (χ0n) is 11.7. The highest BCUT2D eigenvalue weighted by Gasteiger charge is 2.19. The smallest absolute Gasteiger partial charge is 0.0205 e. The standard InChI is InChI=1S/C16H26N2/c1-13-3-5-14(6-4-13)11-18-12-15-7-9-16(17-2)10-8-15/h3-6,15-18H,7-12H2,1-2H3. The molecule has 0 spiro atoms. The van der Waals surface area contributed by atoms with Crippen LogP contribution in [0, 0.1) is 12.8 Å². The van der Waals surface area contributed by atoms with Gasteiger partial charge in [-0.25, -0.2) is 0 Å². The van der Waals surface area contributed by atoms with Crippen molar-refractivity contribution in [1.82, 2.24) is 10.6 Å². The molecular formula is C16H26N2. The zero-order valence-corrected chi connectivity index (χ0v) is 11.7. The SMILES string of the molecule is CNC1CCC(CNCc2ccc(C)cc2)CC1. The van der Waals surface area contributed by atoms with Crippen molar-refractivity contribution in [2.75, 3.05) is 13.6 Å². The third-order valence-electron chi connectivity index (χ3n) is 4.14. The van der Waals surface area contributed by atoms with Crippen LogP contribution in [0.4, 0.5) is 0 Å². The van der Waals surface area contributed by atoms with Crippen LogP contribution in [0.3, 0.4) is 0 Å². The Balaban J connectivity index is 1.65. The van der Waals surface area contributed by atoms with Crippen LogP contribution in [0.15, 0.2) is 24.3 Å². The molecule has 1 aliphatic rings. The average Bonchev–Trinajstić information content (AvgIpc) is 2.42. The van der Waals surface area contributed by atoms with Crippen LogP contribution < -0.4 is 10.6 Å². The predicted molar refractivity (Wildman–Crippen MR) is 77.7 cm³/mol. The summed E-state index contributed by atoms with van der Waals surface area (Å²) in [6.45, 7) is 4.31. The van der Waals surface area contributed by atoms with Crippen LogP contribution in [0.25, 0.3) is 0 Å². The van der Waals surface area contributed by atoms with Crippen LogP contribution in [0.5, 0.6) is 0 Å². The van der Waals surface area contributed by atoms with Crippen molar-refractivity contribution in [2.45, 2.75) is 45.2 Å². The highest BCUT2D eigenvalue weighted by atomic mass is 14.9. The summed E-state index contributed by atoms with van der Waals surface area (Å²) < 4.78 is 0. The molecule has 0 atom stereocenters. The average molecular weight is 246 g/mol. The monoisotopic (exact) mass is 246 g/mol. The molecule has 0 unspecified atom stereocenters. The minimum Gasteiger partial charge on any atom is -0.317 e. The maximum atomic E-state index is 3.60. The van der Waals surface area contributed by atoms with E-state index in [4.69, 9.17) is 0 Å². The van der Waals surface area contributed by atoms with Gasteiger partial charge < -0.3 is 10.6 Å². The first-order chi connectivity index (χ1) is 8.78. The van der Waals surface area contributed by atoms with E-state index < -0.39 is 0 Å². The highest BCUT2D eigenvalue weighted by molar-refractivity contribution is 5.21. The number of hydrogen-bond acceptors (Lipinski definition) is 2. The van der Waals surface area contributed by atoms with Crippen molar-refractivity contribution in [3.05, 3.63) is 35.4 Å². The molecule has 2 nitrogen and oxygen atoms in total. The van der Waals surface area contributed by atoms with Crippen LogP contribution in [0.1, 0.15) is 36.8 Å².